The minimum absolute atomic E-state index is 0.238. The maximum Gasteiger partial charge on any atom is 0.243 e. The van der Waals surface area contributed by atoms with E-state index in [4.69, 9.17) is 23.2 Å². The molecule has 8 heteroatoms. The van der Waals surface area contributed by atoms with Crippen LogP contribution >= 0.6 is 23.2 Å². The summed E-state index contributed by atoms with van der Waals surface area (Å²) in [5.41, 5.74) is 1.68. The second kappa shape index (κ2) is 9.80. The fraction of sp³-hybridized carbons (Fsp3) is 0.526. The lowest BCUT2D eigenvalue weighted by atomic mass is 9.97. The van der Waals surface area contributed by atoms with Crippen molar-refractivity contribution in [1.82, 2.24) is 5.32 Å². The van der Waals surface area contributed by atoms with Gasteiger partial charge >= 0.3 is 0 Å². The molecular weight excluding hydrogens is 407 g/mol. The first-order chi connectivity index (χ1) is 12.7. The molecule has 5 nitrogen and oxygen atoms in total. The number of amides is 1. The zero-order valence-corrected chi connectivity index (χ0v) is 18.0. The van der Waals surface area contributed by atoms with Gasteiger partial charge in [-0.3, -0.25) is 9.10 Å². The molecule has 0 radical (unpaired) electrons. The van der Waals surface area contributed by atoms with Crippen molar-refractivity contribution in [2.24, 2.45) is 0 Å². The zero-order valence-electron chi connectivity index (χ0n) is 15.7. The Morgan fingerprint density at radius 3 is 2.56 bits per heavy atom. The van der Waals surface area contributed by atoms with Crippen molar-refractivity contribution in [2.75, 3.05) is 17.1 Å². The monoisotopic (exact) mass is 432 g/mol. The van der Waals surface area contributed by atoms with Gasteiger partial charge in [-0.15, -0.1) is 0 Å². The van der Waals surface area contributed by atoms with Crippen LogP contribution in [0.25, 0.3) is 0 Å². The first kappa shape index (κ1) is 22.1. The first-order valence-electron chi connectivity index (χ1n) is 9.14. The van der Waals surface area contributed by atoms with Crippen LogP contribution in [-0.4, -0.2) is 33.2 Å². The number of anilines is 1. The Morgan fingerprint density at radius 1 is 1.26 bits per heavy atom. The van der Waals surface area contributed by atoms with Crippen molar-refractivity contribution in [3.8, 4) is 0 Å². The lowest BCUT2D eigenvalue weighted by Crippen LogP contribution is -2.49. The van der Waals surface area contributed by atoms with Gasteiger partial charge in [0.25, 0.3) is 0 Å². The number of nitrogens with zero attached hydrogens (tertiary/aromatic N) is 1. The third kappa shape index (κ3) is 6.13. The van der Waals surface area contributed by atoms with E-state index in [9.17, 15) is 13.2 Å². The van der Waals surface area contributed by atoms with Crippen molar-refractivity contribution in [3.63, 3.8) is 0 Å². The standard InChI is InChI=1S/C19H26Cl2N2O3S/c1-3-18(19(24)22-12-11-14-7-5-4-6-8-14)23(27(2,25)26)15-9-10-16(20)17(21)13-15/h7,9-10,13,18H,3-6,8,11-12H2,1-2H3,(H,22,24). The molecule has 0 saturated heterocycles. The normalized spacial score (nSPS) is 15.8. The number of sulfonamides is 1. The average Bonchev–Trinajstić information content (AvgIpc) is 2.62. The quantitative estimate of drug-likeness (QED) is 0.612. The smallest absolute Gasteiger partial charge is 0.243 e. The van der Waals surface area contributed by atoms with Crippen LogP contribution in [0.5, 0.6) is 0 Å². The number of nitrogens with one attached hydrogen (secondary N) is 1. The summed E-state index contributed by atoms with van der Waals surface area (Å²) in [6.45, 7) is 2.28. The highest BCUT2D eigenvalue weighted by atomic mass is 35.5. The fourth-order valence-corrected chi connectivity index (χ4v) is 4.77. The molecule has 1 aromatic rings. The molecule has 27 heavy (non-hydrogen) atoms. The Hall–Kier alpha value is -1.24. The van der Waals surface area contributed by atoms with Gasteiger partial charge in [-0.1, -0.05) is 41.8 Å². The van der Waals surface area contributed by atoms with E-state index in [-0.39, 0.29) is 10.9 Å². The SMILES string of the molecule is CCC(C(=O)NCCC1=CCCCC1)N(c1ccc(Cl)c(Cl)c1)S(C)(=O)=O. The summed E-state index contributed by atoms with van der Waals surface area (Å²) in [6, 6.07) is 3.70. The predicted octanol–water partition coefficient (Wildman–Crippen LogP) is 4.54. The van der Waals surface area contributed by atoms with E-state index in [0.717, 1.165) is 29.8 Å². The van der Waals surface area contributed by atoms with E-state index in [1.54, 1.807) is 13.0 Å². The summed E-state index contributed by atoms with van der Waals surface area (Å²) < 4.78 is 25.9. The maximum atomic E-state index is 12.7. The largest absolute Gasteiger partial charge is 0.354 e. The molecule has 1 atom stereocenters. The van der Waals surface area contributed by atoms with Gasteiger partial charge in [-0.25, -0.2) is 8.42 Å². The Balaban J connectivity index is 2.15. The minimum atomic E-state index is -3.69. The number of carbonyl (C=O) groups is 1. The minimum Gasteiger partial charge on any atom is -0.354 e. The number of hydrogen-bond donors (Lipinski definition) is 1. The van der Waals surface area contributed by atoms with Gasteiger partial charge in [0.05, 0.1) is 22.0 Å². The molecular formula is C19H26Cl2N2O3S. The molecule has 1 unspecified atom stereocenters. The van der Waals surface area contributed by atoms with E-state index in [2.05, 4.69) is 11.4 Å². The molecule has 0 aliphatic heterocycles. The molecule has 1 aliphatic rings. The van der Waals surface area contributed by atoms with Gasteiger partial charge in [0.15, 0.2) is 0 Å². The second-order valence-corrected chi connectivity index (χ2v) is 9.40. The van der Waals surface area contributed by atoms with Gasteiger partial charge in [-0.2, -0.15) is 0 Å². The Bertz CT molecular complexity index is 809. The number of halogens is 2. The third-order valence-electron chi connectivity index (χ3n) is 4.62. The molecule has 150 valence electrons. The Kier molecular flexibility index (Phi) is 8.01. The maximum absolute atomic E-state index is 12.7. The summed E-state index contributed by atoms with van der Waals surface area (Å²) in [7, 11) is -3.69. The molecule has 0 fully saturated rings. The van der Waals surface area contributed by atoms with Crippen molar-refractivity contribution in [2.45, 2.75) is 51.5 Å². The van der Waals surface area contributed by atoms with E-state index >= 15 is 0 Å². The van der Waals surface area contributed by atoms with Crippen molar-refractivity contribution in [3.05, 3.63) is 39.9 Å². The lowest BCUT2D eigenvalue weighted by Gasteiger charge is -2.30. The first-order valence-corrected chi connectivity index (χ1v) is 11.7. The van der Waals surface area contributed by atoms with Crippen LogP contribution in [0, 0.1) is 0 Å². The van der Waals surface area contributed by atoms with Crippen LogP contribution in [0.4, 0.5) is 5.69 Å². The Morgan fingerprint density at radius 2 is 2.00 bits per heavy atom. The number of carbonyl (C=O) groups excluding carboxylic acids is 1. The van der Waals surface area contributed by atoms with Gasteiger partial charge < -0.3 is 5.32 Å². The molecule has 0 aromatic heterocycles. The summed E-state index contributed by atoms with van der Waals surface area (Å²) in [5.74, 6) is -0.314. The molecule has 1 aliphatic carbocycles. The molecule has 1 aromatic carbocycles. The summed E-state index contributed by atoms with van der Waals surface area (Å²) in [6.07, 6.45) is 9.04. The fourth-order valence-electron chi connectivity index (χ4n) is 3.28. The zero-order chi connectivity index (χ0) is 20.0. The van der Waals surface area contributed by atoms with Gasteiger partial charge in [0.1, 0.15) is 6.04 Å². The topological polar surface area (TPSA) is 66.5 Å². The van der Waals surface area contributed by atoms with Crippen molar-refractivity contribution in [1.29, 1.82) is 0 Å². The summed E-state index contributed by atoms with van der Waals surface area (Å²) in [5, 5.41) is 3.45. The molecule has 1 amide bonds. The molecule has 0 heterocycles. The van der Waals surface area contributed by atoms with Crippen molar-refractivity contribution < 1.29 is 13.2 Å². The summed E-state index contributed by atoms with van der Waals surface area (Å²) in [4.78, 5) is 12.7. The van der Waals surface area contributed by atoms with Crippen LogP contribution < -0.4 is 9.62 Å². The Labute approximate surface area is 171 Å². The molecule has 0 bridgehead atoms. The van der Waals surface area contributed by atoms with E-state index < -0.39 is 16.1 Å². The highest BCUT2D eigenvalue weighted by Gasteiger charge is 2.31. The predicted molar refractivity (Wildman–Crippen MR) is 112 cm³/mol. The average molecular weight is 433 g/mol. The van der Waals surface area contributed by atoms with Crippen molar-refractivity contribution >= 4 is 44.8 Å². The van der Waals surface area contributed by atoms with Gasteiger partial charge in [0, 0.05) is 6.54 Å². The summed E-state index contributed by atoms with van der Waals surface area (Å²) >= 11 is 12.0. The second-order valence-electron chi connectivity index (χ2n) is 6.73. The van der Waals surface area contributed by atoms with Gasteiger partial charge in [-0.05, 0) is 56.7 Å². The number of rotatable bonds is 8. The van der Waals surface area contributed by atoms with Crippen LogP contribution in [0.3, 0.4) is 0 Å². The van der Waals surface area contributed by atoms with E-state index in [1.807, 2.05) is 0 Å². The van der Waals surface area contributed by atoms with Crippen LogP contribution in [-0.2, 0) is 14.8 Å². The third-order valence-corrected chi connectivity index (χ3v) is 6.54. The van der Waals surface area contributed by atoms with Crippen LogP contribution in [0.15, 0.2) is 29.8 Å². The van der Waals surface area contributed by atoms with Gasteiger partial charge in [0.2, 0.25) is 15.9 Å². The van der Waals surface area contributed by atoms with E-state index in [0.29, 0.717) is 23.7 Å². The number of hydrogen-bond acceptors (Lipinski definition) is 3. The molecule has 0 spiro atoms. The number of allylic oxidation sites excluding steroid dienone is 1. The van der Waals surface area contributed by atoms with Crippen LogP contribution in [0.1, 0.15) is 45.4 Å². The van der Waals surface area contributed by atoms with Crippen LogP contribution in [0.2, 0.25) is 10.0 Å². The molecule has 2 rings (SSSR count). The highest BCUT2D eigenvalue weighted by molar-refractivity contribution is 7.92. The number of benzene rings is 1. The molecule has 1 N–H and O–H groups in total. The molecule has 0 saturated carbocycles. The van der Waals surface area contributed by atoms with E-state index in [1.165, 1.54) is 30.5 Å². The highest BCUT2D eigenvalue weighted by Crippen LogP contribution is 2.30. The lowest BCUT2D eigenvalue weighted by molar-refractivity contribution is -0.122.